The molecule has 1 aliphatic rings. The van der Waals surface area contributed by atoms with Crippen molar-refractivity contribution in [3.05, 3.63) is 62.7 Å². The fourth-order valence-corrected chi connectivity index (χ4v) is 2.92. The van der Waals surface area contributed by atoms with Gasteiger partial charge in [0.25, 0.3) is 0 Å². The minimum Gasteiger partial charge on any atom is -0.489 e. The van der Waals surface area contributed by atoms with Gasteiger partial charge in [-0.3, -0.25) is 0 Å². The van der Waals surface area contributed by atoms with Gasteiger partial charge in [-0.2, -0.15) is 0 Å². The molecular weight excluding hydrogens is 377 g/mol. The predicted molar refractivity (Wildman–Crippen MR) is 91.2 cm³/mol. The van der Waals surface area contributed by atoms with Crippen LogP contribution < -0.4 is 4.74 Å². The first kappa shape index (κ1) is 14.4. The number of hydrogen-bond donors (Lipinski definition) is 1. The first-order chi connectivity index (χ1) is 10.3. The number of aryl methyl sites for hydroxylation is 1. The third kappa shape index (κ3) is 3.37. The number of nitrogens with zero attached hydrogens (tertiary/aromatic N) is 1. The van der Waals surface area contributed by atoms with Crippen molar-refractivity contribution in [2.24, 2.45) is 5.16 Å². The molecule has 4 heteroatoms. The normalized spacial score (nSPS) is 15.8. The van der Waals surface area contributed by atoms with Gasteiger partial charge in [0.2, 0.25) is 0 Å². The van der Waals surface area contributed by atoms with Gasteiger partial charge in [0.1, 0.15) is 12.4 Å². The fourth-order valence-electron chi connectivity index (χ4n) is 2.56. The molecule has 0 atom stereocenters. The molecule has 2 aromatic carbocycles. The largest absolute Gasteiger partial charge is 0.489 e. The molecule has 0 unspecified atom stereocenters. The smallest absolute Gasteiger partial charge is 0.120 e. The molecule has 0 saturated heterocycles. The van der Waals surface area contributed by atoms with E-state index in [0.29, 0.717) is 6.61 Å². The van der Waals surface area contributed by atoms with Crippen LogP contribution in [0.3, 0.4) is 0 Å². The van der Waals surface area contributed by atoms with Crippen LogP contribution in [-0.2, 0) is 13.0 Å². The molecule has 1 N–H and O–H groups in total. The monoisotopic (exact) mass is 393 g/mol. The Morgan fingerprint density at radius 2 is 1.90 bits per heavy atom. The van der Waals surface area contributed by atoms with Crippen molar-refractivity contribution in [1.82, 2.24) is 0 Å². The summed E-state index contributed by atoms with van der Waals surface area (Å²) in [6.45, 7) is 0.543. The quantitative estimate of drug-likeness (QED) is 0.478. The second-order valence-corrected chi connectivity index (χ2v) is 6.38. The van der Waals surface area contributed by atoms with Gasteiger partial charge in [-0.15, -0.1) is 0 Å². The van der Waals surface area contributed by atoms with Crippen LogP contribution in [0, 0.1) is 3.57 Å². The van der Waals surface area contributed by atoms with E-state index in [1.165, 1.54) is 9.13 Å². The third-order valence-corrected chi connectivity index (χ3v) is 4.41. The zero-order chi connectivity index (χ0) is 14.7. The maximum absolute atomic E-state index is 9.11. The molecular formula is C17H16INO2. The average Bonchev–Trinajstić information content (AvgIpc) is 2.53. The molecule has 108 valence electrons. The molecule has 0 fully saturated rings. The van der Waals surface area contributed by atoms with E-state index in [1.54, 1.807) is 0 Å². The van der Waals surface area contributed by atoms with E-state index in [-0.39, 0.29) is 0 Å². The minimum atomic E-state index is 0.543. The Labute approximate surface area is 137 Å². The van der Waals surface area contributed by atoms with Crippen molar-refractivity contribution in [2.75, 3.05) is 0 Å². The van der Waals surface area contributed by atoms with Gasteiger partial charge in [0.05, 0.1) is 5.71 Å². The Balaban J connectivity index is 1.76. The van der Waals surface area contributed by atoms with Crippen LogP contribution in [0.2, 0.25) is 0 Å². The molecule has 0 aliphatic heterocycles. The van der Waals surface area contributed by atoms with Crippen molar-refractivity contribution < 1.29 is 9.94 Å². The van der Waals surface area contributed by atoms with Crippen LogP contribution in [0.1, 0.15) is 29.5 Å². The zero-order valence-electron chi connectivity index (χ0n) is 11.6. The molecule has 0 heterocycles. The highest BCUT2D eigenvalue weighted by Crippen LogP contribution is 2.26. The molecule has 2 aromatic rings. The standard InChI is InChI=1S/C17H16INO2/c18-14-7-4-12(5-8-14)11-21-15-9-6-13-2-1-3-17(19-20)16(13)10-15/h4-10,20H,1-3,11H2/b19-17-. The van der Waals surface area contributed by atoms with Crippen LogP contribution >= 0.6 is 22.6 Å². The highest BCUT2D eigenvalue weighted by atomic mass is 127. The number of rotatable bonds is 3. The van der Waals surface area contributed by atoms with Gasteiger partial charge >= 0.3 is 0 Å². The maximum atomic E-state index is 9.11. The Kier molecular flexibility index (Phi) is 4.43. The molecule has 3 nitrogen and oxygen atoms in total. The molecule has 0 saturated carbocycles. The van der Waals surface area contributed by atoms with Crippen molar-refractivity contribution in [3.63, 3.8) is 0 Å². The molecule has 0 amide bonds. The van der Waals surface area contributed by atoms with E-state index >= 15 is 0 Å². The highest BCUT2D eigenvalue weighted by Gasteiger charge is 2.16. The van der Waals surface area contributed by atoms with Crippen molar-refractivity contribution in [3.8, 4) is 5.75 Å². The van der Waals surface area contributed by atoms with E-state index in [0.717, 1.165) is 41.9 Å². The summed E-state index contributed by atoms with van der Waals surface area (Å²) >= 11 is 2.29. The molecule has 0 radical (unpaired) electrons. The van der Waals surface area contributed by atoms with Crippen molar-refractivity contribution >= 4 is 28.3 Å². The minimum absolute atomic E-state index is 0.543. The lowest BCUT2D eigenvalue weighted by Gasteiger charge is -2.18. The summed E-state index contributed by atoms with van der Waals surface area (Å²) < 4.78 is 7.07. The van der Waals surface area contributed by atoms with E-state index in [2.05, 4.69) is 58.1 Å². The summed E-state index contributed by atoms with van der Waals surface area (Å²) in [5.41, 5.74) is 4.15. The highest BCUT2D eigenvalue weighted by molar-refractivity contribution is 14.1. The summed E-state index contributed by atoms with van der Waals surface area (Å²) in [6.07, 6.45) is 2.89. The Bertz CT molecular complexity index is 665. The molecule has 21 heavy (non-hydrogen) atoms. The van der Waals surface area contributed by atoms with E-state index in [1.807, 2.05) is 12.1 Å². The van der Waals surface area contributed by atoms with Crippen LogP contribution in [0.4, 0.5) is 0 Å². The lowest BCUT2D eigenvalue weighted by Crippen LogP contribution is -2.12. The lowest BCUT2D eigenvalue weighted by molar-refractivity contribution is 0.305. The summed E-state index contributed by atoms with van der Waals surface area (Å²) in [7, 11) is 0. The zero-order valence-corrected chi connectivity index (χ0v) is 13.7. The number of fused-ring (bicyclic) bond motifs is 1. The summed E-state index contributed by atoms with van der Waals surface area (Å²) in [5, 5.41) is 12.5. The second kappa shape index (κ2) is 6.47. The van der Waals surface area contributed by atoms with Crippen LogP contribution in [0.5, 0.6) is 5.75 Å². The summed E-state index contributed by atoms with van der Waals surface area (Å²) in [5.74, 6) is 0.815. The SMILES string of the molecule is O/N=C1/CCCc2ccc(OCc3ccc(I)cc3)cc21. The number of hydrogen-bond acceptors (Lipinski definition) is 3. The molecule has 3 rings (SSSR count). The molecule has 1 aliphatic carbocycles. The lowest BCUT2D eigenvalue weighted by atomic mass is 9.90. The van der Waals surface area contributed by atoms with E-state index in [9.17, 15) is 0 Å². The van der Waals surface area contributed by atoms with E-state index in [4.69, 9.17) is 9.94 Å². The number of ether oxygens (including phenoxy) is 1. The average molecular weight is 393 g/mol. The Morgan fingerprint density at radius 1 is 1.10 bits per heavy atom. The van der Waals surface area contributed by atoms with Gasteiger partial charge in [-0.05, 0) is 77.2 Å². The van der Waals surface area contributed by atoms with Gasteiger partial charge < -0.3 is 9.94 Å². The fraction of sp³-hybridized carbons (Fsp3) is 0.235. The second-order valence-electron chi connectivity index (χ2n) is 5.13. The first-order valence-corrected chi connectivity index (χ1v) is 8.05. The van der Waals surface area contributed by atoms with Gasteiger partial charge in [0.15, 0.2) is 0 Å². The molecule has 0 spiro atoms. The van der Waals surface area contributed by atoms with Gasteiger partial charge in [0, 0.05) is 9.13 Å². The number of halogens is 1. The van der Waals surface area contributed by atoms with Crippen molar-refractivity contribution in [2.45, 2.75) is 25.9 Å². The summed E-state index contributed by atoms with van der Waals surface area (Å²) in [6, 6.07) is 14.3. The number of benzene rings is 2. The van der Waals surface area contributed by atoms with Gasteiger partial charge in [-0.25, -0.2) is 0 Å². The Morgan fingerprint density at radius 3 is 2.67 bits per heavy atom. The maximum Gasteiger partial charge on any atom is 0.120 e. The van der Waals surface area contributed by atoms with E-state index < -0.39 is 0 Å². The summed E-state index contributed by atoms with van der Waals surface area (Å²) in [4.78, 5) is 0. The first-order valence-electron chi connectivity index (χ1n) is 6.98. The van der Waals surface area contributed by atoms with Gasteiger partial charge in [-0.1, -0.05) is 23.4 Å². The third-order valence-electron chi connectivity index (χ3n) is 3.69. The molecule has 0 bridgehead atoms. The molecule has 0 aromatic heterocycles. The van der Waals surface area contributed by atoms with Crippen LogP contribution in [0.15, 0.2) is 47.6 Å². The van der Waals surface area contributed by atoms with Crippen molar-refractivity contribution in [1.29, 1.82) is 0 Å². The topological polar surface area (TPSA) is 41.8 Å². The van der Waals surface area contributed by atoms with Crippen LogP contribution in [-0.4, -0.2) is 10.9 Å². The van der Waals surface area contributed by atoms with Crippen LogP contribution in [0.25, 0.3) is 0 Å². The predicted octanol–water partition coefficient (Wildman–Crippen LogP) is 4.38. The Hall–Kier alpha value is -1.56. The number of oxime groups is 1.